The second-order valence-corrected chi connectivity index (χ2v) is 9.26. The number of allylic oxidation sites excluding steroid dienone is 1. The number of benzene rings is 2. The van der Waals surface area contributed by atoms with Gasteiger partial charge in [0, 0.05) is 44.1 Å². The molecule has 0 heterocycles. The SMILES string of the molecule is CCC(=O)Oc1ccc(OC(=O)CC)c2c(OC(=O)CC)c(C(CC=C(C)C)OC(=O)CC)cc(OC(=O)CC)c12. The highest BCUT2D eigenvalue weighted by molar-refractivity contribution is 6.06. The number of ether oxygens (including phenoxy) is 5. The number of fused-ring (bicyclic) bond motifs is 1. The van der Waals surface area contributed by atoms with E-state index in [0.29, 0.717) is 0 Å². The molecular formula is C31H38O10. The van der Waals surface area contributed by atoms with Crippen LogP contribution in [0.1, 0.15) is 98.7 Å². The second kappa shape index (κ2) is 15.5. The van der Waals surface area contributed by atoms with Gasteiger partial charge < -0.3 is 23.7 Å². The molecule has 0 bridgehead atoms. The Morgan fingerprint density at radius 2 is 1.07 bits per heavy atom. The summed E-state index contributed by atoms with van der Waals surface area (Å²) in [5.41, 5.74) is 1.14. The lowest BCUT2D eigenvalue weighted by Crippen LogP contribution is -2.16. The molecule has 0 saturated carbocycles. The monoisotopic (exact) mass is 570 g/mol. The van der Waals surface area contributed by atoms with E-state index < -0.39 is 36.0 Å². The fraction of sp³-hybridized carbons (Fsp3) is 0.452. The van der Waals surface area contributed by atoms with E-state index in [1.54, 1.807) is 34.6 Å². The molecule has 2 aromatic carbocycles. The molecule has 1 atom stereocenters. The van der Waals surface area contributed by atoms with Gasteiger partial charge in [0.2, 0.25) is 0 Å². The van der Waals surface area contributed by atoms with E-state index in [1.165, 1.54) is 18.2 Å². The molecule has 0 amide bonds. The van der Waals surface area contributed by atoms with Crippen molar-refractivity contribution in [1.29, 1.82) is 0 Å². The smallest absolute Gasteiger partial charge is 0.310 e. The standard InChI is InChI=1S/C31H38O10/c1-8-24(32)37-20(14-13-18(6)7)19-17-23(40-27(35)11-4)29-21(38-25(33)9-2)15-16-22(39-26(34)10-3)30(29)31(19)41-28(36)12-5/h13,15-17,20H,8-12,14H2,1-7H3. The molecule has 0 radical (unpaired) electrons. The molecule has 10 heteroatoms. The summed E-state index contributed by atoms with van der Waals surface area (Å²) in [6, 6.07) is 4.23. The molecule has 222 valence electrons. The minimum atomic E-state index is -0.975. The molecule has 2 aromatic rings. The van der Waals surface area contributed by atoms with Gasteiger partial charge in [0.15, 0.2) is 0 Å². The van der Waals surface area contributed by atoms with E-state index in [0.717, 1.165) is 5.57 Å². The third-order valence-electron chi connectivity index (χ3n) is 5.84. The van der Waals surface area contributed by atoms with E-state index in [2.05, 4.69) is 0 Å². The lowest BCUT2D eigenvalue weighted by Gasteiger charge is -2.24. The molecule has 0 spiro atoms. The van der Waals surface area contributed by atoms with Crippen LogP contribution >= 0.6 is 0 Å². The maximum absolute atomic E-state index is 12.7. The van der Waals surface area contributed by atoms with Crippen LogP contribution in [0.3, 0.4) is 0 Å². The molecule has 0 aliphatic rings. The molecular weight excluding hydrogens is 532 g/mol. The van der Waals surface area contributed by atoms with Gasteiger partial charge >= 0.3 is 29.8 Å². The highest BCUT2D eigenvalue weighted by atomic mass is 16.6. The average Bonchev–Trinajstić information content (AvgIpc) is 2.96. The summed E-state index contributed by atoms with van der Waals surface area (Å²) in [7, 11) is 0. The third-order valence-corrected chi connectivity index (χ3v) is 5.84. The van der Waals surface area contributed by atoms with Gasteiger partial charge in [0.25, 0.3) is 0 Å². The summed E-state index contributed by atoms with van der Waals surface area (Å²) < 4.78 is 28.4. The first-order valence-electron chi connectivity index (χ1n) is 13.8. The Morgan fingerprint density at radius 3 is 1.54 bits per heavy atom. The van der Waals surface area contributed by atoms with Gasteiger partial charge in [-0.1, -0.05) is 46.3 Å². The molecule has 0 fully saturated rings. The van der Waals surface area contributed by atoms with Crippen LogP contribution in [-0.2, 0) is 28.7 Å². The van der Waals surface area contributed by atoms with E-state index in [9.17, 15) is 24.0 Å². The molecule has 2 rings (SSSR count). The van der Waals surface area contributed by atoms with Crippen LogP contribution < -0.4 is 18.9 Å². The number of carbonyl (C=O) groups is 5. The lowest BCUT2D eigenvalue weighted by atomic mass is 9.96. The van der Waals surface area contributed by atoms with Crippen LogP contribution in [0, 0.1) is 0 Å². The van der Waals surface area contributed by atoms with Crippen molar-refractivity contribution in [3.8, 4) is 23.0 Å². The van der Waals surface area contributed by atoms with Crippen LogP contribution in [0.15, 0.2) is 29.8 Å². The maximum atomic E-state index is 12.7. The minimum absolute atomic E-state index is 0.00448. The zero-order valence-electron chi connectivity index (χ0n) is 24.7. The Morgan fingerprint density at radius 1 is 0.634 bits per heavy atom. The molecule has 0 aliphatic heterocycles. The van der Waals surface area contributed by atoms with Crippen molar-refractivity contribution >= 4 is 40.6 Å². The van der Waals surface area contributed by atoms with Gasteiger partial charge in [-0.3, -0.25) is 24.0 Å². The predicted molar refractivity (Wildman–Crippen MR) is 151 cm³/mol. The summed E-state index contributed by atoms with van der Waals surface area (Å²) >= 11 is 0. The Kier molecular flexibility index (Phi) is 12.5. The van der Waals surface area contributed by atoms with Gasteiger partial charge in [0.1, 0.15) is 29.1 Å². The number of carbonyl (C=O) groups excluding carboxylic acids is 5. The summed E-state index contributed by atoms with van der Waals surface area (Å²) in [6.45, 7) is 11.8. The predicted octanol–water partition coefficient (Wildman–Crippen LogP) is 6.45. The largest absolute Gasteiger partial charge is 0.457 e. The summed E-state index contributed by atoms with van der Waals surface area (Å²) in [5.74, 6) is -3.08. The van der Waals surface area contributed by atoms with Gasteiger partial charge in [-0.05, 0) is 32.0 Å². The third kappa shape index (κ3) is 8.89. The normalized spacial score (nSPS) is 11.3. The minimum Gasteiger partial charge on any atom is -0.457 e. The highest BCUT2D eigenvalue weighted by Gasteiger charge is 2.30. The Labute approximate surface area is 239 Å². The second-order valence-electron chi connectivity index (χ2n) is 9.26. The van der Waals surface area contributed by atoms with Crippen molar-refractivity contribution < 1.29 is 47.7 Å². The Bertz CT molecular complexity index is 1330. The Hall–Kier alpha value is -4.21. The van der Waals surface area contributed by atoms with Crippen molar-refractivity contribution in [2.75, 3.05) is 0 Å². The van der Waals surface area contributed by atoms with E-state index in [-0.39, 0.29) is 77.9 Å². The Balaban J connectivity index is 3.17. The zero-order valence-corrected chi connectivity index (χ0v) is 24.7. The van der Waals surface area contributed by atoms with Crippen molar-refractivity contribution in [1.82, 2.24) is 0 Å². The van der Waals surface area contributed by atoms with Gasteiger partial charge in [0.05, 0.1) is 10.8 Å². The van der Waals surface area contributed by atoms with Crippen molar-refractivity contribution in [3.05, 3.63) is 35.4 Å². The fourth-order valence-electron chi connectivity index (χ4n) is 3.65. The van der Waals surface area contributed by atoms with Crippen molar-refractivity contribution in [2.24, 2.45) is 0 Å². The first kappa shape index (κ1) is 33.0. The van der Waals surface area contributed by atoms with Gasteiger partial charge in [-0.15, -0.1) is 0 Å². The van der Waals surface area contributed by atoms with Crippen LogP contribution in [0.2, 0.25) is 0 Å². The van der Waals surface area contributed by atoms with E-state index in [1.807, 2.05) is 19.9 Å². The van der Waals surface area contributed by atoms with Gasteiger partial charge in [-0.2, -0.15) is 0 Å². The summed E-state index contributed by atoms with van der Waals surface area (Å²) in [4.78, 5) is 62.6. The number of rotatable bonds is 13. The van der Waals surface area contributed by atoms with Crippen LogP contribution in [0.25, 0.3) is 10.8 Å². The molecule has 1 unspecified atom stereocenters. The summed E-state index contributed by atoms with van der Waals surface area (Å²) in [5, 5.41) is 0.113. The number of hydrogen-bond donors (Lipinski definition) is 0. The lowest BCUT2D eigenvalue weighted by molar-refractivity contribution is -0.149. The van der Waals surface area contributed by atoms with Crippen LogP contribution in [-0.4, -0.2) is 29.8 Å². The molecule has 0 aromatic heterocycles. The fourth-order valence-corrected chi connectivity index (χ4v) is 3.65. The van der Waals surface area contributed by atoms with Gasteiger partial charge in [-0.25, -0.2) is 0 Å². The van der Waals surface area contributed by atoms with Crippen LogP contribution in [0.5, 0.6) is 23.0 Å². The first-order chi connectivity index (χ1) is 19.5. The molecule has 0 saturated heterocycles. The molecule has 10 nitrogen and oxygen atoms in total. The first-order valence-corrected chi connectivity index (χ1v) is 13.8. The average molecular weight is 571 g/mol. The van der Waals surface area contributed by atoms with Crippen molar-refractivity contribution in [2.45, 2.75) is 93.1 Å². The van der Waals surface area contributed by atoms with Crippen molar-refractivity contribution in [3.63, 3.8) is 0 Å². The summed E-state index contributed by atoms with van der Waals surface area (Å²) in [6.07, 6.45) is 1.25. The number of esters is 5. The molecule has 0 N–H and O–H groups in total. The van der Waals surface area contributed by atoms with E-state index in [4.69, 9.17) is 23.7 Å². The van der Waals surface area contributed by atoms with E-state index >= 15 is 0 Å². The molecule has 0 aliphatic carbocycles. The highest BCUT2D eigenvalue weighted by Crippen LogP contribution is 2.49. The topological polar surface area (TPSA) is 132 Å². The maximum Gasteiger partial charge on any atom is 0.310 e. The van der Waals surface area contributed by atoms with Crippen LogP contribution in [0.4, 0.5) is 0 Å². The zero-order chi connectivity index (χ0) is 30.7. The number of hydrogen-bond acceptors (Lipinski definition) is 10. The quantitative estimate of drug-likeness (QED) is 0.150. The molecule has 41 heavy (non-hydrogen) atoms.